The second-order valence-corrected chi connectivity index (χ2v) is 10.4. The maximum Gasteiger partial charge on any atom is 0.271 e. The number of methoxy groups -OCH3 is 1. The van der Waals surface area contributed by atoms with E-state index in [0.29, 0.717) is 4.53 Å². The summed E-state index contributed by atoms with van der Waals surface area (Å²) in [7, 11) is 1.67. The van der Waals surface area contributed by atoms with E-state index in [1.54, 1.807) is 7.11 Å². The van der Waals surface area contributed by atoms with Crippen LogP contribution in [0, 0.1) is 0 Å². The van der Waals surface area contributed by atoms with Gasteiger partial charge in [0.1, 0.15) is 5.75 Å². The lowest BCUT2D eigenvalue weighted by Crippen LogP contribution is -2.38. The molecule has 0 saturated carbocycles. The van der Waals surface area contributed by atoms with E-state index in [0.717, 1.165) is 51.0 Å². The average molecular weight is 501 g/mol. The van der Waals surface area contributed by atoms with E-state index in [4.69, 9.17) is 9.73 Å². The number of allylic oxidation sites excluding steroid dienone is 1. The van der Waals surface area contributed by atoms with Gasteiger partial charge >= 0.3 is 0 Å². The van der Waals surface area contributed by atoms with E-state index in [2.05, 4.69) is 48.5 Å². The molecule has 0 unspecified atom stereocenters. The van der Waals surface area contributed by atoms with Crippen LogP contribution in [0.1, 0.15) is 34.7 Å². The van der Waals surface area contributed by atoms with Crippen molar-refractivity contribution < 1.29 is 4.74 Å². The number of thiazole rings is 1. The normalized spacial score (nSPS) is 16.7. The number of rotatable bonds is 3. The molecule has 1 atom stereocenters. The molecule has 1 aliphatic heterocycles. The number of aromatic nitrogens is 1. The fourth-order valence-corrected chi connectivity index (χ4v) is 6.67. The first kappa shape index (κ1) is 22.0. The summed E-state index contributed by atoms with van der Waals surface area (Å²) in [6, 6.07) is 30.9. The number of benzene rings is 4. The number of fused-ring (bicyclic) bond motifs is 4. The summed E-state index contributed by atoms with van der Waals surface area (Å²) < 4.78 is 8.26. The van der Waals surface area contributed by atoms with Gasteiger partial charge in [-0.3, -0.25) is 9.36 Å². The van der Waals surface area contributed by atoms with Gasteiger partial charge < -0.3 is 4.74 Å². The summed E-state index contributed by atoms with van der Waals surface area (Å²) in [4.78, 5) is 19.9. The highest BCUT2D eigenvalue weighted by Gasteiger charge is 2.32. The minimum absolute atomic E-state index is 0.0157. The summed E-state index contributed by atoms with van der Waals surface area (Å²) in [6.45, 7) is 0. The third kappa shape index (κ3) is 3.50. The summed E-state index contributed by atoms with van der Waals surface area (Å²) in [6.07, 6.45) is 3.81. The summed E-state index contributed by atoms with van der Waals surface area (Å²) in [5.41, 5.74) is 6.74. The van der Waals surface area contributed by atoms with Gasteiger partial charge in [0, 0.05) is 11.1 Å². The molecule has 0 amide bonds. The van der Waals surface area contributed by atoms with Gasteiger partial charge in [0.15, 0.2) is 4.80 Å². The fraction of sp³-hybridized carbons (Fsp3) is 0.125. The summed E-state index contributed by atoms with van der Waals surface area (Å²) >= 11 is 1.45. The predicted octanol–water partition coefficient (Wildman–Crippen LogP) is 5.48. The molecule has 0 bridgehead atoms. The lowest BCUT2D eigenvalue weighted by atomic mass is 9.83. The predicted molar refractivity (Wildman–Crippen MR) is 150 cm³/mol. The molecule has 5 heteroatoms. The Morgan fingerprint density at radius 1 is 0.919 bits per heavy atom. The lowest BCUT2D eigenvalue weighted by molar-refractivity contribution is 0.414. The summed E-state index contributed by atoms with van der Waals surface area (Å²) in [5, 5.41) is 2.16. The van der Waals surface area contributed by atoms with Crippen LogP contribution in [-0.2, 0) is 6.42 Å². The molecule has 2 aliphatic rings. The fourth-order valence-electron chi connectivity index (χ4n) is 5.69. The SMILES string of the molecule is COc1ccc2ccccc2c1/C=c1\sc2n(c1=O)[C@@H](c1ccccc1)C1=C(N=2)c2ccccc2CC1. The van der Waals surface area contributed by atoms with Crippen LogP contribution in [0.15, 0.2) is 106 Å². The highest BCUT2D eigenvalue weighted by atomic mass is 32.1. The Labute approximate surface area is 218 Å². The van der Waals surface area contributed by atoms with E-state index in [1.807, 2.05) is 53.1 Å². The van der Waals surface area contributed by atoms with E-state index in [-0.39, 0.29) is 11.6 Å². The van der Waals surface area contributed by atoms with Crippen LogP contribution in [0.2, 0.25) is 0 Å². The van der Waals surface area contributed by atoms with Crippen molar-refractivity contribution in [3.8, 4) is 5.75 Å². The smallest absolute Gasteiger partial charge is 0.271 e. The molecule has 0 spiro atoms. The van der Waals surface area contributed by atoms with Gasteiger partial charge in [0.05, 0.1) is 23.4 Å². The van der Waals surface area contributed by atoms with E-state index in [1.165, 1.54) is 28.0 Å². The van der Waals surface area contributed by atoms with Gasteiger partial charge in [-0.05, 0) is 52.5 Å². The van der Waals surface area contributed by atoms with Crippen molar-refractivity contribution in [2.75, 3.05) is 7.11 Å². The second kappa shape index (κ2) is 8.71. The molecule has 0 radical (unpaired) electrons. The number of ether oxygens (including phenoxy) is 1. The molecule has 1 aromatic heterocycles. The zero-order valence-electron chi connectivity index (χ0n) is 20.3. The van der Waals surface area contributed by atoms with Crippen molar-refractivity contribution in [1.29, 1.82) is 0 Å². The van der Waals surface area contributed by atoms with Crippen LogP contribution in [0.5, 0.6) is 5.75 Å². The van der Waals surface area contributed by atoms with Crippen LogP contribution in [0.4, 0.5) is 0 Å². The molecule has 2 heterocycles. The zero-order chi connectivity index (χ0) is 24.9. The molecular weight excluding hydrogens is 476 g/mol. The van der Waals surface area contributed by atoms with E-state index in [9.17, 15) is 4.79 Å². The molecule has 4 aromatic carbocycles. The number of nitrogens with zero attached hydrogens (tertiary/aromatic N) is 2. The topological polar surface area (TPSA) is 43.6 Å². The third-order valence-corrected chi connectivity index (χ3v) is 8.40. The molecule has 5 aromatic rings. The maximum absolute atomic E-state index is 14.1. The van der Waals surface area contributed by atoms with Gasteiger partial charge in [0.2, 0.25) is 0 Å². The second-order valence-electron chi connectivity index (χ2n) is 9.43. The largest absolute Gasteiger partial charge is 0.496 e. The first-order valence-corrected chi connectivity index (χ1v) is 13.3. The van der Waals surface area contributed by atoms with Gasteiger partial charge in [0.25, 0.3) is 5.56 Å². The quantitative estimate of drug-likeness (QED) is 0.329. The zero-order valence-corrected chi connectivity index (χ0v) is 21.2. The Bertz CT molecular complexity index is 1900. The standard InChI is InChI=1S/C32H24N2O2S/c1-36-27-18-16-20-9-5-7-13-23(20)26(27)19-28-31(35)34-30(22-11-3-2-4-12-22)25-17-15-21-10-6-8-14-24(21)29(25)33-32(34)37-28/h2-14,16,18-19,30H,15,17H2,1H3/b28-19-/t30-/m0/s1. The minimum atomic E-state index is -0.169. The third-order valence-electron chi connectivity index (χ3n) is 7.41. The lowest BCUT2D eigenvalue weighted by Gasteiger charge is -2.30. The molecule has 37 heavy (non-hydrogen) atoms. The molecule has 4 nitrogen and oxygen atoms in total. The number of aryl methyl sites for hydroxylation is 1. The van der Waals surface area contributed by atoms with E-state index >= 15 is 0 Å². The maximum atomic E-state index is 14.1. The van der Waals surface area contributed by atoms with Crippen molar-refractivity contribution in [3.05, 3.63) is 139 Å². The van der Waals surface area contributed by atoms with E-state index < -0.39 is 0 Å². The summed E-state index contributed by atoms with van der Waals surface area (Å²) in [5.74, 6) is 0.748. The van der Waals surface area contributed by atoms with Crippen molar-refractivity contribution in [1.82, 2.24) is 4.57 Å². The van der Waals surface area contributed by atoms with Crippen LogP contribution in [0.25, 0.3) is 22.5 Å². The van der Waals surface area contributed by atoms with Gasteiger partial charge in [-0.15, -0.1) is 0 Å². The Morgan fingerprint density at radius 2 is 1.70 bits per heavy atom. The molecule has 180 valence electrons. The van der Waals surface area contributed by atoms with Crippen LogP contribution in [-0.4, -0.2) is 11.7 Å². The molecule has 7 rings (SSSR count). The highest BCUT2D eigenvalue weighted by molar-refractivity contribution is 7.07. The molecule has 1 aliphatic carbocycles. The van der Waals surface area contributed by atoms with Crippen molar-refractivity contribution >= 4 is 33.9 Å². The highest BCUT2D eigenvalue weighted by Crippen LogP contribution is 2.41. The Hall–Kier alpha value is -4.22. The van der Waals surface area contributed by atoms with Crippen molar-refractivity contribution in [2.45, 2.75) is 18.9 Å². The van der Waals surface area contributed by atoms with Crippen molar-refractivity contribution in [2.24, 2.45) is 4.99 Å². The van der Waals surface area contributed by atoms with Crippen molar-refractivity contribution in [3.63, 3.8) is 0 Å². The molecule has 0 fully saturated rings. The Balaban J connectivity index is 1.52. The average Bonchev–Trinajstić information content (AvgIpc) is 3.26. The number of hydrogen-bond donors (Lipinski definition) is 0. The molecule has 0 N–H and O–H groups in total. The van der Waals surface area contributed by atoms with Gasteiger partial charge in [-0.25, -0.2) is 4.99 Å². The Morgan fingerprint density at radius 3 is 2.57 bits per heavy atom. The Kier molecular flexibility index (Phi) is 5.18. The monoisotopic (exact) mass is 500 g/mol. The van der Waals surface area contributed by atoms with Crippen LogP contribution < -0.4 is 19.6 Å². The molecular formula is C32H24N2O2S. The number of hydrogen-bond acceptors (Lipinski definition) is 4. The van der Waals surface area contributed by atoms with Gasteiger partial charge in [-0.1, -0.05) is 96.3 Å². The van der Waals surface area contributed by atoms with Crippen LogP contribution in [0.3, 0.4) is 0 Å². The van der Waals surface area contributed by atoms with Gasteiger partial charge in [-0.2, -0.15) is 0 Å². The minimum Gasteiger partial charge on any atom is -0.496 e. The van der Waals surface area contributed by atoms with Crippen LogP contribution >= 0.6 is 11.3 Å². The first-order valence-electron chi connectivity index (χ1n) is 12.5. The first-order chi connectivity index (χ1) is 18.2. The molecule has 0 saturated heterocycles.